The fourth-order valence-corrected chi connectivity index (χ4v) is 4.98. The van der Waals surface area contributed by atoms with Crippen molar-refractivity contribution in [3.05, 3.63) is 112 Å². The van der Waals surface area contributed by atoms with Crippen LogP contribution in [0.2, 0.25) is 0 Å². The lowest BCUT2D eigenvalue weighted by molar-refractivity contribution is 0.817. The molecule has 4 nitrogen and oxygen atoms in total. The minimum Gasteiger partial charge on any atom is -0.355 e. The van der Waals surface area contributed by atoms with E-state index >= 15 is 0 Å². The molecule has 0 amide bonds. The predicted octanol–water partition coefficient (Wildman–Crippen LogP) is 6.54. The highest BCUT2D eigenvalue weighted by atomic mass is 32.2. The fraction of sp³-hybridized carbons (Fsp3) is 0.143. The van der Waals surface area contributed by atoms with Crippen LogP contribution in [0.1, 0.15) is 23.6 Å². The normalized spacial score (nSPS) is 11.2. The maximum atomic E-state index is 13.7. The van der Waals surface area contributed by atoms with Crippen LogP contribution in [0.15, 0.2) is 95.0 Å². The van der Waals surface area contributed by atoms with Gasteiger partial charge in [0.1, 0.15) is 11.0 Å². The van der Waals surface area contributed by atoms with E-state index in [9.17, 15) is 4.79 Å². The summed E-state index contributed by atoms with van der Waals surface area (Å²) in [5.41, 5.74) is 7.62. The molecule has 5 rings (SSSR count). The van der Waals surface area contributed by atoms with E-state index in [4.69, 9.17) is 4.98 Å². The van der Waals surface area contributed by atoms with Gasteiger partial charge in [-0.3, -0.25) is 9.36 Å². The molecule has 0 radical (unpaired) electrons. The number of thioether (sulfide) groups is 1. The van der Waals surface area contributed by atoms with Crippen LogP contribution >= 0.6 is 11.8 Å². The number of nitrogens with one attached hydrogen (secondary N) is 1. The lowest BCUT2D eigenvalue weighted by Gasteiger charge is -2.13. The zero-order chi connectivity index (χ0) is 22.8. The van der Waals surface area contributed by atoms with Gasteiger partial charge in [0.05, 0.1) is 5.69 Å². The van der Waals surface area contributed by atoms with Gasteiger partial charge in [-0.05, 0) is 42.2 Å². The summed E-state index contributed by atoms with van der Waals surface area (Å²) < 4.78 is 1.73. The highest BCUT2D eigenvalue weighted by Gasteiger charge is 2.18. The van der Waals surface area contributed by atoms with Crippen LogP contribution < -0.4 is 5.56 Å². The average Bonchev–Trinajstić information content (AvgIpc) is 3.28. The van der Waals surface area contributed by atoms with Gasteiger partial charge >= 0.3 is 0 Å². The molecule has 2 heterocycles. The van der Waals surface area contributed by atoms with Gasteiger partial charge in [-0.25, -0.2) is 4.98 Å². The molecule has 0 fully saturated rings. The molecule has 0 unspecified atom stereocenters. The smallest absolute Gasteiger partial charge is 0.283 e. The first-order valence-corrected chi connectivity index (χ1v) is 12.1. The van der Waals surface area contributed by atoms with Gasteiger partial charge in [-0.15, -0.1) is 0 Å². The molecule has 0 aliphatic heterocycles. The standard InChI is InChI=1S/C28H25N3OS/c1-3-20-12-14-23(15-13-20)31-27(32)26-25(24(17-29-26)22-10-5-4-6-11-22)30-28(31)33-18-21-9-7-8-19(2)16-21/h4-17,29H,3,18H2,1-2H3. The largest absolute Gasteiger partial charge is 0.355 e. The van der Waals surface area contributed by atoms with Crippen molar-refractivity contribution < 1.29 is 0 Å². The van der Waals surface area contributed by atoms with Crippen molar-refractivity contribution in [2.24, 2.45) is 0 Å². The van der Waals surface area contributed by atoms with E-state index in [-0.39, 0.29) is 5.56 Å². The van der Waals surface area contributed by atoms with E-state index < -0.39 is 0 Å². The van der Waals surface area contributed by atoms with Gasteiger partial charge in [0.2, 0.25) is 0 Å². The second kappa shape index (κ2) is 9.12. The Labute approximate surface area is 197 Å². The van der Waals surface area contributed by atoms with Crippen LogP contribution in [-0.2, 0) is 12.2 Å². The van der Waals surface area contributed by atoms with E-state index in [2.05, 4.69) is 55.2 Å². The minimum absolute atomic E-state index is 0.0850. The van der Waals surface area contributed by atoms with Gasteiger partial charge in [0, 0.05) is 17.5 Å². The van der Waals surface area contributed by atoms with E-state index in [1.807, 2.05) is 48.7 Å². The van der Waals surface area contributed by atoms with E-state index in [1.165, 1.54) is 16.7 Å². The molecule has 0 atom stereocenters. The number of hydrogen-bond donors (Lipinski definition) is 1. The van der Waals surface area contributed by atoms with Gasteiger partial charge in [-0.2, -0.15) is 0 Å². The first-order chi connectivity index (χ1) is 16.1. The lowest BCUT2D eigenvalue weighted by atomic mass is 10.1. The predicted molar refractivity (Wildman–Crippen MR) is 137 cm³/mol. The van der Waals surface area contributed by atoms with Crippen LogP contribution in [0.3, 0.4) is 0 Å². The highest BCUT2D eigenvalue weighted by molar-refractivity contribution is 7.98. The maximum Gasteiger partial charge on any atom is 0.283 e. The Balaban J connectivity index is 1.66. The van der Waals surface area contributed by atoms with Crippen molar-refractivity contribution in [2.45, 2.75) is 31.2 Å². The molecule has 1 N–H and O–H groups in total. The number of benzene rings is 3. The summed E-state index contributed by atoms with van der Waals surface area (Å²) in [6.07, 6.45) is 2.84. The van der Waals surface area contributed by atoms with Crippen molar-refractivity contribution in [1.29, 1.82) is 0 Å². The maximum absolute atomic E-state index is 13.7. The Morgan fingerprint density at radius 3 is 2.45 bits per heavy atom. The first kappa shape index (κ1) is 21.3. The van der Waals surface area contributed by atoms with Crippen LogP contribution in [0.5, 0.6) is 0 Å². The van der Waals surface area contributed by atoms with Crippen molar-refractivity contribution in [2.75, 3.05) is 0 Å². The summed E-state index contributed by atoms with van der Waals surface area (Å²) in [6.45, 7) is 4.22. The molecule has 33 heavy (non-hydrogen) atoms. The Morgan fingerprint density at radius 2 is 1.73 bits per heavy atom. The quantitative estimate of drug-likeness (QED) is 0.235. The molecule has 3 aromatic carbocycles. The highest BCUT2D eigenvalue weighted by Crippen LogP contribution is 2.30. The zero-order valence-corrected chi connectivity index (χ0v) is 19.5. The molecule has 0 spiro atoms. The van der Waals surface area contributed by atoms with Crippen molar-refractivity contribution in [3.63, 3.8) is 0 Å². The summed E-state index contributed by atoms with van der Waals surface area (Å²) in [5.74, 6) is 0.734. The molecule has 0 aliphatic carbocycles. The van der Waals surface area contributed by atoms with Crippen LogP contribution in [-0.4, -0.2) is 14.5 Å². The molecule has 164 valence electrons. The van der Waals surface area contributed by atoms with Crippen molar-refractivity contribution in [3.8, 4) is 16.8 Å². The molecule has 5 aromatic rings. The van der Waals surface area contributed by atoms with Crippen molar-refractivity contribution >= 4 is 22.8 Å². The summed E-state index contributed by atoms with van der Waals surface area (Å²) in [6, 6.07) is 26.7. The average molecular weight is 452 g/mol. The molecular weight excluding hydrogens is 426 g/mol. The second-order valence-corrected chi connectivity index (χ2v) is 9.07. The van der Waals surface area contributed by atoms with Crippen LogP contribution in [0.25, 0.3) is 27.8 Å². The molecule has 5 heteroatoms. The number of aromatic nitrogens is 3. The Bertz CT molecular complexity index is 1470. The van der Waals surface area contributed by atoms with Crippen molar-refractivity contribution in [1.82, 2.24) is 14.5 Å². The number of aromatic amines is 1. The van der Waals surface area contributed by atoms with Crippen LogP contribution in [0.4, 0.5) is 0 Å². The van der Waals surface area contributed by atoms with E-state index in [0.717, 1.165) is 29.0 Å². The van der Waals surface area contributed by atoms with E-state index in [1.54, 1.807) is 16.3 Å². The molecule has 0 bridgehead atoms. The fourth-order valence-electron chi connectivity index (χ4n) is 4.03. The summed E-state index contributed by atoms with van der Waals surface area (Å²) in [5, 5.41) is 0.690. The zero-order valence-electron chi connectivity index (χ0n) is 18.7. The number of rotatable bonds is 6. The lowest BCUT2D eigenvalue weighted by Crippen LogP contribution is -2.22. The second-order valence-electron chi connectivity index (χ2n) is 8.12. The molecule has 0 saturated heterocycles. The number of fused-ring (bicyclic) bond motifs is 1. The van der Waals surface area contributed by atoms with E-state index in [0.29, 0.717) is 16.2 Å². The summed E-state index contributed by atoms with van der Waals surface area (Å²) >= 11 is 1.59. The van der Waals surface area contributed by atoms with Gasteiger partial charge < -0.3 is 4.98 Å². The number of H-pyrrole nitrogens is 1. The topological polar surface area (TPSA) is 50.7 Å². The number of aryl methyl sites for hydroxylation is 2. The third kappa shape index (κ3) is 4.24. The number of hydrogen-bond acceptors (Lipinski definition) is 3. The van der Waals surface area contributed by atoms with Gasteiger partial charge in [-0.1, -0.05) is 91.0 Å². The third-order valence-electron chi connectivity index (χ3n) is 5.81. The molecule has 0 aliphatic rings. The SMILES string of the molecule is CCc1ccc(-n2c(SCc3cccc(C)c3)nc3c(-c4ccccc4)c[nH]c3c2=O)cc1. The molecule has 2 aromatic heterocycles. The minimum atomic E-state index is -0.0850. The number of nitrogens with zero attached hydrogens (tertiary/aromatic N) is 2. The first-order valence-electron chi connectivity index (χ1n) is 11.1. The Morgan fingerprint density at radius 1 is 0.939 bits per heavy atom. The van der Waals surface area contributed by atoms with Gasteiger partial charge in [0.15, 0.2) is 5.16 Å². The van der Waals surface area contributed by atoms with Crippen LogP contribution in [0, 0.1) is 6.92 Å². The third-order valence-corrected chi connectivity index (χ3v) is 6.82. The molecule has 0 saturated carbocycles. The van der Waals surface area contributed by atoms with Gasteiger partial charge in [0.25, 0.3) is 5.56 Å². The summed E-state index contributed by atoms with van der Waals surface area (Å²) in [7, 11) is 0. The summed E-state index contributed by atoms with van der Waals surface area (Å²) in [4.78, 5) is 21.9. The Kier molecular flexibility index (Phi) is 5.88. The Hall–Kier alpha value is -3.57. The monoisotopic (exact) mass is 451 g/mol. The molecular formula is C28H25N3OS.